The van der Waals surface area contributed by atoms with E-state index in [9.17, 15) is 24.9 Å². The highest BCUT2D eigenvalue weighted by Gasteiger charge is 2.46. The van der Waals surface area contributed by atoms with Crippen molar-refractivity contribution in [2.45, 2.75) is 95.7 Å². The summed E-state index contributed by atoms with van der Waals surface area (Å²) in [6, 6.07) is 0. The lowest BCUT2D eigenvalue weighted by atomic mass is 9.83. The zero-order valence-electron chi connectivity index (χ0n) is 16.9. The molecule has 0 aromatic heterocycles. The Morgan fingerprint density at radius 3 is 2.61 bits per heavy atom. The van der Waals surface area contributed by atoms with Gasteiger partial charge in [-0.15, -0.1) is 0 Å². The Bertz CT molecular complexity index is 657. The summed E-state index contributed by atoms with van der Waals surface area (Å²) in [7, 11) is 0. The number of hydrogen-bond donors (Lipinski definition) is 3. The predicted molar refractivity (Wildman–Crippen MR) is 100 cm³/mol. The Morgan fingerprint density at radius 2 is 1.93 bits per heavy atom. The molecule has 7 heteroatoms. The molecule has 4 rings (SSSR count). The van der Waals surface area contributed by atoms with E-state index in [0.29, 0.717) is 19.3 Å². The minimum absolute atomic E-state index is 0.0138. The minimum atomic E-state index is -1.05. The van der Waals surface area contributed by atoms with Crippen molar-refractivity contribution in [2.24, 2.45) is 11.8 Å². The molecule has 3 N–H and O–H groups in total. The van der Waals surface area contributed by atoms with Crippen LogP contribution in [0.4, 0.5) is 0 Å². The van der Waals surface area contributed by atoms with E-state index < -0.39 is 47.8 Å². The molecule has 7 unspecified atom stereocenters. The van der Waals surface area contributed by atoms with Crippen LogP contribution in [0.25, 0.3) is 0 Å². The first-order valence-corrected chi connectivity index (χ1v) is 10.3. The summed E-state index contributed by atoms with van der Waals surface area (Å²) in [6.07, 6.45) is -0.488. The molecule has 0 aromatic rings. The number of rotatable bonds is 2. The molecule has 4 aliphatic heterocycles. The number of carbonyl (C=O) groups is 2. The van der Waals surface area contributed by atoms with Gasteiger partial charge >= 0.3 is 5.97 Å². The molecule has 0 saturated carbocycles. The van der Waals surface area contributed by atoms with Gasteiger partial charge in [0, 0.05) is 25.2 Å². The fraction of sp³-hybridized carbons (Fsp3) is 0.810. The molecule has 2 saturated heterocycles. The quantitative estimate of drug-likeness (QED) is 0.613. The first kappa shape index (κ1) is 21.3. The van der Waals surface area contributed by atoms with Crippen LogP contribution >= 0.6 is 0 Å². The lowest BCUT2D eigenvalue weighted by Gasteiger charge is -2.43. The number of esters is 1. The third kappa shape index (κ3) is 4.11. The number of ketones is 1. The Kier molecular flexibility index (Phi) is 6.17. The summed E-state index contributed by atoms with van der Waals surface area (Å²) >= 11 is 0. The van der Waals surface area contributed by atoms with Gasteiger partial charge in [-0.1, -0.05) is 20.3 Å². The number of ether oxygens (including phenoxy) is 2. The van der Waals surface area contributed by atoms with Crippen LogP contribution in [0.3, 0.4) is 0 Å². The maximum absolute atomic E-state index is 12.8. The summed E-state index contributed by atoms with van der Waals surface area (Å²) in [6.45, 7) is 5.44. The van der Waals surface area contributed by atoms with Gasteiger partial charge in [-0.25, -0.2) is 4.79 Å². The first-order chi connectivity index (χ1) is 13.1. The van der Waals surface area contributed by atoms with Crippen LogP contribution in [0.2, 0.25) is 0 Å². The van der Waals surface area contributed by atoms with Gasteiger partial charge in [-0.2, -0.15) is 0 Å². The standard InChI is InChI=1S/C21H32O7/c1-4-5-13-16-9-15(23)11(2)18(24)17-8-12(22)10-21(3,28-17)7-6-14(19(13)25)20(26)27-16/h11-13,16-18,22,24-25H,4-10H2,1-3H3. The highest BCUT2D eigenvalue weighted by Crippen LogP contribution is 2.40. The second kappa shape index (κ2) is 8.13. The number of aliphatic hydroxyl groups excluding tert-OH is 3. The molecule has 2 fully saturated rings. The summed E-state index contributed by atoms with van der Waals surface area (Å²) in [5, 5.41) is 31.9. The van der Waals surface area contributed by atoms with Crippen molar-refractivity contribution >= 4 is 11.8 Å². The van der Waals surface area contributed by atoms with Gasteiger partial charge in [0.05, 0.1) is 35.4 Å². The molecule has 0 radical (unpaired) electrons. The van der Waals surface area contributed by atoms with Gasteiger partial charge in [-0.05, 0) is 26.2 Å². The number of carbonyl (C=O) groups excluding carboxylic acids is 2. The van der Waals surface area contributed by atoms with E-state index in [4.69, 9.17) is 9.47 Å². The van der Waals surface area contributed by atoms with Gasteiger partial charge in [0.15, 0.2) is 0 Å². The van der Waals surface area contributed by atoms with E-state index >= 15 is 0 Å². The van der Waals surface area contributed by atoms with Crippen molar-refractivity contribution in [3.8, 4) is 0 Å². The SMILES string of the molecule is CCCC1C(O)=C2CCC3(C)CC(O)CC(O3)C(O)C(C)C(=O)CC1OC2=O. The molecule has 28 heavy (non-hydrogen) atoms. The lowest BCUT2D eigenvalue weighted by Crippen LogP contribution is -2.50. The van der Waals surface area contributed by atoms with Gasteiger partial charge in [-0.3, -0.25) is 4.79 Å². The van der Waals surface area contributed by atoms with Crippen LogP contribution < -0.4 is 0 Å². The van der Waals surface area contributed by atoms with E-state index in [1.807, 2.05) is 13.8 Å². The second-order valence-electron chi connectivity index (χ2n) is 8.85. The minimum Gasteiger partial charge on any atom is -0.511 e. The average Bonchev–Trinajstić information content (AvgIpc) is 2.62. The lowest BCUT2D eigenvalue weighted by molar-refractivity contribution is -0.194. The van der Waals surface area contributed by atoms with Gasteiger partial charge in [0.2, 0.25) is 0 Å². The average molecular weight is 396 g/mol. The van der Waals surface area contributed by atoms with Crippen LogP contribution in [0.15, 0.2) is 11.3 Å². The second-order valence-corrected chi connectivity index (χ2v) is 8.85. The van der Waals surface area contributed by atoms with E-state index in [1.54, 1.807) is 6.92 Å². The number of hydrogen-bond acceptors (Lipinski definition) is 7. The number of Topliss-reactive ketones (excluding diaryl/α,β-unsaturated/α-hetero) is 1. The van der Waals surface area contributed by atoms with Crippen LogP contribution in [-0.4, -0.2) is 57.1 Å². The summed E-state index contributed by atoms with van der Waals surface area (Å²) in [5.74, 6) is -1.96. The van der Waals surface area contributed by atoms with Crippen LogP contribution in [0.5, 0.6) is 0 Å². The van der Waals surface area contributed by atoms with E-state index in [0.717, 1.165) is 6.42 Å². The summed E-state index contributed by atoms with van der Waals surface area (Å²) < 4.78 is 11.7. The zero-order chi connectivity index (χ0) is 20.6. The van der Waals surface area contributed by atoms with Gasteiger partial charge in [0.25, 0.3) is 0 Å². The molecule has 0 spiro atoms. The van der Waals surface area contributed by atoms with Crippen molar-refractivity contribution < 1.29 is 34.4 Å². The Hall–Kier alpha value is -1.44. The van der Waals surface area contributed by atoms with Crippen molar-refractivity contribution in [1.82, 2.24) is 0 Å². The smallest absolute Gasteiger partial charge is 0.337 e. The zero-order valence-corrected chi connectivity index (χ0v) is 16.9. The van der Waals surface area contributed by atoms with Crippen molar-refractivity contribution in [3.63, 3.8) is 0 Å². The maximum atomic E-state index is 12.8. The Balaban J connectivity index is 2.00. The molecule has 7 nitrogen and oxygen atoms in total. The van der Waals surface area contributed by atoms with Gasteiger partial charge in [0.1, 0.15) is 17.6 Å². The highest BCUT2D eigenvalue weighted by atomic mass is 16.5. The third-order valence-corrected chi connectivity index (χ3v) is 6.53. The molecule has 4 aliphatic rings. The molecule has 0 aromatic carbocycles. The van der Waals surface area contributed by atoms with E-state index in [1.165, 1.54) is 0 Å². The van der Waals surface area contributed by atoms with Crippen LogP contribution in [0, 0.1) is 11.8 Å². The molecule has 4 bridgehead atoms. The molecule has 0 amide bonds. The molecule has 4 heterocycles. The maximum Gasteiger partial charge on any atom is 0.337 e. The summed E-state index contributed by atoms with van der Waals surface area (Å²) in [4.78, 5) is 25.4. The molecular formula is C21H32O7. The number of aliphatic hydroxyl groups is 3. The van der Waals surface area contributed by atoms with Crippen LogP contribution in [-0.2, 0) is 19.1 Å². The Morgan fingerprint density at radius 1 is 1.21 bits per heavy atom. The van der Waals surface area contributed by atoms with Gasteiger partial charge < -0.3 is 24.8 Å². The van der Waals surface area contributed by atoms with Crippen LogP contribution in [0.1, 0.15) is 65.7 Å². The topological polar surface area (TPSA) is 113 Å². The molecule has 7 atom stereocenters. The summed E-state index contributed by atoms with van der Waals surface area (Å²) in [5.41, 5.74) is -0.540. The fourth-order valence-corrected chi connectivity index (χ4v) is 4.81. The Labute approximate surface area is 165 Å². The normalized spacial score (nSPS) is 42.5. The molecular weight excluding hydrogens is 364 g/mol. The molecule has 158 valence electrons. The highest BCUT2D eigenvalue weighted by molar-refractivity contribution is 5.91. The molecule has 0 aliphatic carbocycles. The monoisotopic (exact) mass is 396 g/mol. The predicted octanol–water partition coefficient (Wildman–Crippen LogP) is 2.19. The number of fused-ring (bicyclic) bond motifs is 6. The fourth-order valence-electron chi connectivity index (χ4n) is 4.81. The first-order valence-electron chi connectivity index (χ1n) is 10.3. The van der Waals surface area contributed by atoms with Crippen molar-refractivity contribution in [2.75, 3.05) is 0 Å². The van der Waals surface area contributed by atoms with E-state index in [-0.39, 0.29) is 36.4 Å². The van der Waals surface area contributed by atoms with E-state index in [2.05, 4.69) is 0 Å². The van der Waals surface area contributed by atoms with Crippen molar-refractivity contribution in [1.29, 1.82) is 0 Å². The third-order valence-electron chi connectivity index (χ3n) is 6.53. The van der Waals surface area contributed by atoms with Crippen molar-refractivity contribution in [3.05, 3.63) is 11.3 Å². The largest absolute Gasteiger partial charge is 0.511 e.